The molecule has 3 aromatic rings. The molecule has 0 aliphatic rings. The van der Waals surface area contributed by atoms with E-state index in [4.69, 9.17) is 0 Å². The molecule has 0 spiro atoms. The van der Waals surface area contributed by atoms with E-state index in [1.807, 2.05) is 37.3 Å². The highest BCUT2D eigenvalue weighted by atomic mass is 32.2. The van der Waals surface area contributed by atoms with Crippen LogP contribution in [0, 0.1) is 13.8 Å². The van der Waals surface area contributed by atoms with Gasteiger partial charge >= 0.3 is 0 Å². The van der Waals surface area contributed by atoms with Crippen molar-refractivity contribution < 1.29 is 8.42 Å². The van der Waals surface area contributed by atoms with Crippen molar-refractivity contribution in [3.05, 3.63) is 101 Å². The third kappa shape index (κ3) is 5.28. The zero-order valence-corrected chi connectivity index (χ0v) is 16.5. The van der Waals surface area contributed by atoms with E-state index in [9.17, 15) is 8.42 Å². The minimum atomic E-state index is -3.53. The van der Waals surface area contributed by atoms with Crippen molar-refractivity contribution >= 4 is 10.0 Å². The van der Waals surface area contributed by atoms with Crippen LogP contribution in [0.2, 0.25) is 0 Å². The maximum atomic E-state index is 12.7. The molecule has 0 heterocycles. The Morgan fingerprint density at radius 2 is 1.33 bits per heavy atom. The molecule has 27 heavy (non-hydrogen) atoms. The first kappa shape index (κ1) is 19.3. The lowest BCUT2D eigenvalue weighted by Gasteiger charge is -2.19. The Balaban J connectivity index is 1.79. The SMILES string of the molecule is Cc1ccc(C[C@@H](CNS(=O)(=O)c2ccc(C)cc2)c2ccccc2)cc1. The van der Waals surface area contributed by atoms with E-state index in [2.05, 4.69) is 48.0 Å². The highest BCUT2D eigenvalue weighted by Crippen LogP contribution is 2.22. The largest absolute Gasteiger partial charge is 0.240 e. The molecule has 4 heteroatoms. The van der Waals surface area contributed by atoms with E-state index in [1.165, 1.54) is 11.1 Å². The predicted molar refractivity (Wildman–Crippen MR) is 110 cm³/mol. The van der Waals surface area contributed by atoms with Crippen LogP contribution in [0.5, 0.6) is 0 Å². The maximum Gasteiger partial charge on any atom is 0.240 e. The summed E-state index contributed by atoms with van der Waals surface area (Å²) < 4.78 is 28.1. The fourth-order valence-corrected chi connectivity index (χ4v) is 4.13. The lowest BCUT2D eigenvalue weighted by molar-refractivity contribution is 0.568. The quantitative estimate of drug-likeness (QED) is 0.652. The van der Waals surface area contributed by atoms with Gasteiger partial charge in [0.15, 0.2) is 0 Å². The zero-order valence-electron chi connectivity index (χ0n) is 15.7. The van der Waals surface area contributed by atoms with Crippen LogP contribution in [-0.4, -0.2) is 15.0 Å². The Bertz CT molecular complexity index is 963. The van der Waals surface area contributed by atoms with Crippen LogP contribution in [0.3, 0.4) is 0 Å². The van der Waals surface area contributed by atoms with Crippen molar-refractivity contribution in [3.8, 4) is 0 Å². The van der Waals surface area contributed by atoms with Crippen molar-refractivity contribution in [2.24, 2.45) is 0 Å². The summed E-state index contributed by atoms with van der Waals surface area (Å²) in [6.07, 6.45) is 0.778. The second-order valence-electron chi connectivity index (χ2n) is 6.96. The summed E-state index contributed by atoms with van der Waals surface area (Å²) in [5, 5.41) is 0. The van der Waals surface area contributed by atoms with Gasteiger partial charge in [0.05, 0.1) is 4.90 Å². The normalized spacial score (nSPS) is 12.7. The summed E-state index contributed by atoms with van der Waals surface area (Å²) in [5.74, 6) is 0.0640. The molecule has 3 aromatic carbocycles. The molecule has 0 aromatic heterocycles. The van der Waals surface area contributed by atoms with E-state index in [-0.39, 0.29) is 5.92 Å². The zero-order chi connectivity index (χ0) is 19.3. The molecule has 0 saturated heterocycles. The molecular weight excluding hydrogens is 354 g/mol. The fraction of sp³-hybridized carbons (Fsp3) is 0.217. The van der Waals surface area contributed by atoms with E-state index in [1.54, 1.807) is 12.1 Å². The maximum absolute atomic E-state index is 12.7. The van der Waals surface area contributed by atoms with Crippen molar-refractivity contribution in [1.29, 1.82) is 0 Å². The number of aryl methyl sites for hydroxylation is 2. The first-order valence-corrected chi connectivity index (χ1v) is 10.6. The molecule has 1 N–H and O–H groups in total. The summed E-state index contributed by atoms with van der Waals surface area (Å²) in [7, 11) is -3.53. The van der Waals surface area contributed by atoms with Crippen molar-refractivity contribution in [2.45, 2.75) is 31.1 Å². The Hall–Kier alpha value is -2.43. The Labute approximate surface area is 162 Å². The van der Waals surface area contributed by atoms with Crippen LogP contribution < -0.4 is 4.72 Å². The minimum absolute atomic E-state index is 0.0640. The summed E-state index contributed by atoms with van der Waals surface area (Å²) in [5.41, 5.74) is 4.58. The molecule has 0 radical (unpaired) electrons. The monoisotopic (exact) mass is 379 g/mol. The second-order valence-corrected chi connectivity index (χ2v) is 8.73. The van der Waals surface area contributed by atoms with E-state index >= 15 is 0 Å². The van der Waals surface area contributed by atoms with Gasteiger partial charge in [-0.05, 0) is 43.5 Å². The molecular formula is C23H25NO2S. The first-order chi connectivity index (χ1) is 12.9. The Morgan fingerprint density at radius 3 is 1.93 bits per heavy atom. The van der Waals surface area contributed by atoms with Gasteiger partial charge in [-0.15, -0.1) is 0 Å². The number of hydrogen-bond acceptors (Lipinski definition) is 2. The molecule has 0 unspecified atom stereocenters. The Kier molecular flexibility index (Phi) is 6.09. The molecule has 0 aliphatic carbocycles. The third-order valence-electron chi connectivity index (χ3n) is 4.72. The number of nitrogens with one attached hydrogen (secondary N) is 1. The second kappa shape index (κ2) is 8.51. The molecule has 0 amide bonds. The standard InChI is InChI=1S/C23H25NO2S/c1-18-8-12-20(13-9-18)16-22(21-6-4-3-5-7-21)17-24-27(25,26)23-14-10-19(2)11-15-23/h3-15,22,24H,16-17H2,1-2H3/t22-/m0/s1. The van der Waals surface area contributed by atoms with E-state index < -0.39 is 10.0 Å². The van der Waals surface area contributed by atoms with E-state index in [0.717, 1.165) is 17.5 Å². The lowest BCUT2D eigenvalue weighted by Crippen LogP contribution is -2.29. The molecule has 0 bridgehead atoms. The first-order valence-electron chi connectivity index (χ1n) is 9.11. The molecule has 140 valence electrons. The van der Waals surface area contributed by atoms with Gasteiger partial charge in [-0.3, -0.25) is 0 Å². The number of sulfonamides is 1. The molecule has 3 rings (SSSR count). The molecule has 3 nitrogen and oxygen atoms in total. The van der Waals surface area contributed by atoms with Crippen LogP contribution in [0.1, 0.15) is 28.2 Å². The van der Waals surface area contributed by atoms with Crippen LogP contribution in [0.4, 0.5) is 0 Å². The van der Waals surface area contributed by atoms with Gasteiger partial charge in [-0.25, -0.2) is 13.1 Å². The number of benzene rings is 3. The molecule has 0 saturated carbocycles. The lowest BCUT2D eigenvalue weighted by atomic mass is 9.92. The third-order valence-corrected chi connectivity index (χ3v) is 6.16. The minimum Gasteiger partial charge on any atom is -0.211 e. The van der Waals surface area contributed by atoms with Crippen LogP contribution >= 0.6 is 0 Å². The van der Waals surface area contributed by atoms with Gasteiger partial charge in [-0.1, -0.05) is 77.9 Å². The summed E-state index contributed by atoms with van der Waals surface area (Å²) >= 11 is 0. The van der Waals surface area contributed by atoms with Gasteiger partial charge < -0.3 is 0 Å². The van der Waals surface area contributed by atoms with E-state index in [0.29, 0.717) is 11.4 Å². The van der Waals surface area contributed by atoms with Gasteiger partial charge in [-0.2, -0.15) is 0 Å². The van der Waals surface area contributed by atoms with Crippen molar-refractivity contribution in [3.63, 3.8) is 0 Å². The van der Waals surface area contributed by atoms with Crippen LogP contribution in [0.25, 0.3) is 0 Å². The highest BCUT2D eigenvalue weighted by Gasteiger charge is 2.18. The number of rotatable bonds is 7. The van der Waals surface area contributed by atoms with Crippen molar-refractivity contribution in [2.75, 3.05) is 6.54 Å². The summed E-state index contributed by atoms with van der Waals surface area (Å²) in [4.78, 5) is 0.301. The molecule has 0 fully saturated rings. The summed E-state index contributed by atoms with van der Waals surface area (Å²) in [6, 6.07) is 25.4. The van der Waals surface area contributed by atoms with Gasteiger partial charge in [0.1, 0.15) is 0 Å². The van der Waals surface area contributed by atoms with Gasteiger partial charge in [0, 0.05) is 12.5 Å². The highest BCUT2D eigenvalue weighted by molar-refractivity contribution is 7.89. The van der Waals surface area contributed by atoms with Crippen LogP contribution in [-0.2, 0) is 16.4 Å². The fourth-order valence-electron chi connectivity index (χ4n) is 3.05. The van der Waals surface area contributed by atoms with Gasteiger partial charge in [0.25, 0.3) is 0 Å². The summed E-state index contributed by atoms with van der Waals surface area (Å²) in [6.45, 7) is 4.36. The predicted octanol–water partition coefficient (Wildman–Crippen LogP) is 4.61. The smallest absolute Gasteiger partial charge is 0.211 e. The van der Waals surface area contributed by atoms with Gasteiger partial charge in [0.2, 0.25) is 10.0 Å². The average molecular weight is 380 g/mol. The average Bonchev–Trinajstić information content (AvgIpc) is 2.68. The number of hydrogen-bond donors (Lipinski definition) is 1. The Morgan fingerprint density at radius 1 is 0.778 bits per heavy atom. The van der Waals surface area contributed by atoms with Crippen molar-refractivity contribution in [1.82, 2.24) is 4.72 Å². The molecule has 1 atom stereocenters. The van der Waals surface area contributed by atoms with Crippen LogP contribution in [0.15, 0.2) is 83.8 Å². The topological polar surface area (TPSA) is 46.2 Å². The molecule has 0 aliphatic heterocycles.